The average molecular weight is 428 g/mol. The van der Waals surface area contributed by atoms with Gasteiger partial charge in [-0.25, -0.2) is 4.79 Å². The van der Waals surface area contributed by atoms with E-state index in [9.17, 15) is 9.59 Å². The second-order valence-corrected chi connectivity index (χ2v) is 8.09. The van der Waals surface area contributed by atoms with Crippen LogP contribution in [0.15, 0.2) is 0 Å². The third kappa shape index (κ3) is 7.00. The number of amides is 2. The second-order valence-electron chi connectivity index (χ2n) is 6.20. The smallest absolute Gasteiger partial charge is 0.410 e. The number of hydrogen-bond donors (Lipinski definition) is 1. The standard InChI is InChI=1S/C14H24Br2N2O3/c1-14(2,3)21-13(20)18-8-5-10(6-9-18)17-12(19)11(16)4-7-15/h10-11H,4-9H2,1-3H3,(H,17,19). The molecule has 1 rings (SSSR count). The quantitative estimate of drug-likeness (QED) is 0.701. The highest BCUT2D eigenvalue weighted by atomic mass is 79.9. The monoisotopic (exact) mass is 426 g/mol. The number of nitrogens with one attached hydrogen (secondary N) is 1. The lowest BCUT2D eigenvalue weighted by molar-refractivity contribution is -0.121. The van der Waals surface area contributed by atoms with Crippen molar-refractivity contribution in [3.8, 4) is 0 Å². The third-order valence-corrected chi connectivity index (χ3v) is 4.47. The van der Waals surface area contributed by atoms with Crippen LogP contribution in [-0.2, 0) is 9.53 Å². The van der Waals surface area contributed by atoms with Gasteiger partial charge in [0.15, 0.2) is 0 Å². The van der Waals surface area contributed by atoms with Crippen molar-refractivity contribution in [1.82, 2.24) is 10.2 Å². The van der Waals surface area contributed by atoms with Crippen LogP contribution in [0.1, 0.15) is 40.0 Å². The fourth-order valence-electron chi connectivity index (χ4n) is 2.05. The summed E-state index contributed by atoms with van der Waals surface area (Å²) in [5.41, 5.74) is -0.471. The molecule has 0 aromatic rings. The first-order valence-corrected chi connectivity index (χ1v) is 9.25. The summed E-state index contributed by atoms with van der Waals surface area (Å²) in [6, 6.07) is 0.131. The number of ether oxygens (including phenoxy) is 1. The Kier molecular flexibility index (Phi) is 7.47. The molecule has 21 heavy (non-hydrogen) atoms. The first-order chi connectivity index (χ1) is 9.73. The molecule has 0 bridgehead atoms. The predicted molar refractivity (Wildman–Crippen MR) is 90.1 cm³/mol. The SMILES string of the molecule is CC(C)(C)OC(=O)N1CCC(NC(=O)C(Br)CCBr)CC1. The van der Waals surface area contributed by atoms with Gasteiger partial charge in [-0.2, -0.15) is 0 Å². The van der Waals surface area contributed by atoms with Gasteiger partial charge in [0.1, 0.15) is 5.60 Å². The van der Waals surface area contributed by atoms with Gasteiger partial charge >= 0.3 is 6.09 Å². The van der Waals surface area contributed by atoms with E-state index in [4.69, 9.17) is 4.74 Å². The lowest BCUT2D eigenvalue weighted by Gasteiger charge is -2.34. The maximum absolute atomic E-state index is 11.9. The number of likely N-dealkylation sites (tertiary alicyclic amines) is 1. The number of carbonyl (C=O) groups excluding carboxylic acids is 2. The van der Waals surface area contributed by atoms with Crippen molar-refractivity contribution in [3.05, 3.63) is 0 Å². The number of hydrogen-bond acceptors (Lipinski definition) is 3. The molecule has 1 unspecified atom stereocenters. The highest BCUT2D eigenvalue weighted by Gasteiger charge is 2.28. The van der Waals surface area contributed by atoms with Crippen LogP contribution in [0.25, 0.3) is 0 Å². The Morgan fingerprint density at radius 2 is 1.90 bits per heavy atom. The molecule has 0 radical (unpaired) electrons. The van der Waals surface area contributed by atoms with Crippen LogP contribution >= 0.6 is 31.9 Å². The molecule has 0 aromatic heterocycles. The maximum atomic E-state index is 11.9. The van der Waals surface area contributed by atoms with Crippen LogP contribution < -0.4 is 5.32 Å². The minimum atomic E-state index is -0.471. The van der Waals surface area contributed by atoms with E-state index in [-0.39, 0.29) is 22.9 Å². The summed E-state index contributed by atoms with van der Waals surface area (Å²) in [4.78, 5) is 25.4. The Morgan fingerprint density at radius 1 is 1.33 bits per heavy atom. The summed E-state index contributed by atoms with van der Waals surface area (Å²) in [5.74, 6) is 0.0187. The number of carbonyl (C=O) groups is 2. The van der Waals surface area contributed by atoms with E-state index in [0.717, 1.165) is 24.6 Å². The number of alkyl halides is 2. The molecule has 5 nitrogen and oxygen atoms in total. The summed E-state index contributed by atoms with van der Waals surface area (Å²) in [7, 11) is 0. The molecule has 1 heterocycles. The summed E-state index contributed by atoms with van der Waals surface area (Å²) in [6.07, 6.45) is 2.01. The van der Waals surface area contributed by atoms with Crippen LogP contribution in [0.4, 0.5) is 4.79 Å². The minimum absolute atomic E-state index is 0.0187. The molecule has 1 aliphatic heterocycles. The van der Waals surface area contributed by atoms with Crippen molar-refractivity contribution in [3.63, 3.8) is 0 Å². The van der Waals surface area contributed by atoms with Gasteiger partial charge in [-0.1, -0.05) is 31.9 Å². The predicted octanol–water partition coefficient (Wildman–Crippen LogP) is 3.05. The molecule has 0 spiro atoms. The van der Waals surface area contributed by atoms with Gasteiger partial charge in [-0.15, -0.1) is 0 Å². The van der Waals surface area contributed by atoms with Crippen molar-refractivity contribution < 1.29 is 14.3 Å². The van der Waals surface area contributed by atoms with Gasteiger partial charge in [-0.05, 0) is 40.0 Å². The zero-order valence-electron chi connectivity index (χ0n) is 12.8. The molecule has 0 aliphatic carbocycles. The Morgan fingerprint density at radius 3 is 2.38 bits per heavy atom. The zero-order valence-corrected chi connectivity index (χ0v) is 16.0. The van der Waals surface area contributed by atoms with Crippen molar-refractivity contribution in [2.45, 2.75) is 56.5 Å². The Balaban J connectivity index is 2.35. The second kappa shape index (κ2) is 8.36. The topological polar surface area (TPSA) is 58.6 Å². The van der Waals surface area contributed by atoms with E-state index >= 15 is 0 Å². The molecule has 1 aliphatic rings. The molecule has 1 N–H and O–H groups in total. The molecule has 1 fully saturated rings. The molecule has 122 valence electrons. The van der Waals surface area contributed by atoms with Gasteiger partial charge in [-0.3, -0.25) is 4.79 Å². The normalized spacial score (nSPS) is 18.2. The average Bonchev–Trinajstić information content (AvgIpc) is 2.37. The fraction of sp³-hybridized carbons (Fsp3) is 0.857. The van der Waals surface area contributed by atoms with Gasteiger partial charge in [0.05, 0.1) is 4.83 Å². The molecule has 0 aromatic carbocycles. The van der Waals surface area contributed by atoms with E-state index < -0.39 is 5.60 Å². The minimum Gasteiger partial charge on any atom is -0.444 e. The van der Waals surface area contributed by atoms with E-state index in [1.165, 1.54) is 0 Å². The first kappa shape index (κ1) is 18.7. The molecular formula is C14H24Br2N2O3. The maximum Gasteiger partial charge on any atom is 0.410 e. The molecule has 0 saturated carbocycles. The van der Waals surface area contributed by atoms with E-state index in [1.54, 1.807) is 4.90 Å². The highest BCUT2D eigenvalue weighted by molar-refractivity contribution is 9.10. The number of rotatable bonds is 4. The van der Waals surface area contributed by atoms with E-state index in [1.807, 2.05) is 20.8 Å². The van der Waals surface area contributed by atoms with E-state index in [2.05, 4.69) is 37.2 Å². The van der Waals surface area contributed by atoms with Crippen LogP contribution in [0.2, 0.25) is 0 Å². The fourth-order valence-corrected chi connectivity index (χ4v) is 3.48. The molecule has 1 atom stereocenters. The third-order valence-electron chi connectivity index (χ3n) is 3.14. The first-order valence-electron chi connectivity index (χ1n) is 7.21. The van der Waals surface area contributed by atoms with Gasteiger partial charge in [0, 0.05) is 24.5 Å². The zero-order chi connectivity index (χ0) is 16.0. The van der Waals surface area contributed by atoms with Gasteiger partial charge in [0.2, 0.25) is 5.91 Å². The van der Waals surface area contributed by atoms with Crippen molar-refractivity contribution >= 4 is 43.9 Å². The van der Waals surface area contributed by atoms with Crippen LogP contribution in [0.5, 0.6) is 0 Å². The molecular weight excluding hydrogens is 404 g/mol. The largest absolute Gasteiger partial charge is 0.444 e. The lowest BCUT2D eigenvalue weighted by Crippen LogP contribution is -2.49. The van der Waals surface area contributed by atoms with Crippen LogP contribution in [-0.4, -0.2) is 51.8 Å². The Hall–Kier alpha value is -0.300. The summed E-state index contributed by atoms with van der Waals surface area (Å²) >= 11 is 6.69. The van der Waals surface area contributed by atoms with Gasteiger partial charge < -0.3 is 15.0 Å². The number of nitrogens with zero attached hydrogens (tertiary/aromatic N) is 1. The van der Waals surface area contributed by atoms with Crippen molar-refractivity contribution in [2.75, 3.05) is 18.4 Å². The molecule has 2 amide bonds. The van der Waals surface area contributed by atoms with Gasteiger partial charge in [0.25, 0.3) is 0 Å². The molecule has 1 saturated heterocycles. The summed E-state index contributed by atoms with van der Waals surface area (Å²) < 4.78 is 5.35. The lowest BCUT2D eigenvalue weighted by atomic mass is 10.1. The summed E-state index contributed by atoms with van der Waals surface area (Å²) in [5, 5.41) is 3.81. The highest BCUT2D eigenvalue weighted by Crippen LogP contribution is 2.16. The van der Waals surface area contributed by atoms with Crippen LogP contribution in [0, 0.1) is 0 Å². The molecule has 7 heteroatoms. The Labute approximate surface area is 143 Å². The van der Waals surface area contributed by atoms with E-state index in [0.29, 0.717) is 13.1 Å². The van der Waals surface area contributed by atoms with Crippen molar-refractivity contribution in [2.24, 2.45) is 0 Å². The number of piperidine rings is 1. The van der Waals surface area contributed by atoms with Crippen molar-refractivity contribution in [1.29, 1.82) is 0 Å². The number of halogens is 2. The Bertz CT molecular complexity index is 364. The summed E-state index contributed by atoms with van der Waals surface area (Å²) in [6.45, 7) is 6.81. The van der Waals surface area contributed by atoms with Crippen LogP contribution in [0.3, 0.4) is 0 Å².